The normalized spacial score (nSPS) is 12.7. The zero-order chi connectivity index (χ0) is 12.4. The van der Waals surface area contributed by atoms with Crippen molar-refractivity contribution < 1.29 is 0 Å². The lowest BCUT2D eigenvalue weighted by molar-refractivity contribution is 0.887. The summed E-state index contributed by atoms with van der Waals surface area (Å²) < 4.78 is 1.18. The minimum absolute atomic E-state index is 0.0171. The molecule has 0 saturated heterocycles. The lowest BCUT2D eigenvalue weighted by Crippen LogP contribution is -2.10. The zero-order valence-electron chi connectivity index (χ0n) is 10.0. The molecule has 0 aliphatic carbocycles. The molecule has 2 rings (SSSR count). The molecule has 3 heteroatoms. The Morgan fingerprint density at radius 3 is 2.71 bits per heavy atom. The summed E-state index contributed by atoms with van der Waals surface area (Å²) in [5.74, 6) is 0. The van der Waals surface area contributed by atoms with Crippen molar-refractivity contribution in [1.82, 2.24) is 0 Å². The second-order valence-corrected chi connectivity index (χ2v) is 6.58. The minimum atomic E-state index is -0.0171. The average molecular weight is 310 g/mol. The van der Waals surface area contributed by atoms with Gasteiger partial charge in [-0.15, -0.1) is 11.3 Å². The van der Waals surface area contributed by atoms with Crippen molar-refractivity contribution in [3.05, 3.63) is 55.7 Å². The molecule has 0 bridgehead atoms. The number of benzene rings is 1. The number of thiophene rings is 1. The summed E-state index contributed by atoms with van der Waals surface area (Å²) in [5, 5.41) is 0. The van der Waals surface area contributed by atoms with Crippen LogP contribution in [0.3, 0.4) is 0 Å². The van der Waals surface area contributed by atoms with Crippen LogP contribution in [0.25, 0.3) is 0 Å². The first-order valence-electron chi connectivity index (χ1n) is 5.72. The lowest BCUT2D eigenvalue weighted by atomic mass is 10.0. The summed E-state index contributed by atoms with van der Waals surface area (Å²) in [6, 6.07) is 10.7. The number of aryl methyl sites for hydroxylation is 2. The van der Waals surface area contributed by atoms with Crippen molar-refractivity contribution in [1.29, 1.82) is 0 Å². The molecule has 1 nitrogen and oxygen atoms in total. The summed E-state index contributed by atoms with van der Waals surface area (Å²) in [6.45, 7) is 4.26. The van der Waals surface area contributed by atoms with Gasteiger partial charge in [0.15, 0.2) is 0 Å². The molecule has 0 saturated carbocycles. The Labute approximate surface area is 115 Å². The summed E-state index contributed by atoms with van der Waals surface area (Å²) in [6.07, 6.45) is 1.05. The number of rotatable bonds is 3. The molecule has 1 aromatic heterocycles. The molecule has 90 valence electrons. The first kappa shape index (κ1) is 12.8. The molecule has 1 aromatic carbocycles. The van der Waals surface area contributed by atoms with Gasteiger partial charge in [-0.1, -0.05) is 31.2 Å². The third-order valence-electron chi connectivity index (χ3n) is 2.90. The third kappa shape index (κ3) is 2.79. The molecule has 0 radical (unpaired) electrons. The molecule has 1 heterocycles. The van der Waals surface area contributed by atoms with Crippen LogP contribution in [0.2, 0.25) is 0 Å². The fourth-order valence-electron chi connectivity index (χ4n) is 1.81. The predicted octanol–water partition coefficient (Wildman–Crippen LogP) is 4.43. The van der Waals surface area contributed by atoms with Crippen molar-refractivity contribution in [2.75, 3.05) is 0 Å². The Bertz CT molecular complexity index is 499. The van der Waals surface area contributed by atoms with Crippen molar-refractivity contribution in [2.24, 2.45) is 5.73 Å². The Hall–Kier alpha value is -0.640. The molecule has 0 spiro atoms. The Balaban J connectivity index is 2.32. The van der Waals surface area contributed by atoms with Crippen LogP contribution in [-0.2, 0) is 6.42 Å². The van der Waals surface area contributed by atoms with Gasteiger partial charge in [-0.2, -0.15) is 0 Å². The Morgan fingerprint density at radius 2 is 2.12 bits per heavy atom. The lowest BCUT2D eigenvalue weighted by Gasteiger charge is -2.11. The fraction of sp³-hybridized carbons (Fsp3) is 0.286. The molecule has 0 aliphatic rings. The van der Waals surface area contributed by atoms with E-state index in [0.717, 1.165) is 6.42 Å². The zero-order valence-corrected chi connectivity index (χ0v) is 12.4. The monoisotopic (exact) mass is 309 g/mol. The summed E-state index contributed by atoms with van der Waals surface area (Å²) in [5.41, 5.74) is 10.1. The topological polar surface area (TPSA) is 26.0 Å². The fourth-order valence-corrected chi connectivity index (χ4v) is 3.41. The van der Waals surface area contributed by atoms with Crippen molar-refractivity contribution in [3.63, 3.8) is 0 Å². The molecule has 0 fully saturated rings. The second-order valence-electron chi connectivity index (χ2n) is 4.18. The van der Waals surface area contributed by atoms with Gasteiger partial charge in [0.05, 0.1) is 9.83 Å². The smallest absolute Gasteiger partial charge is 0.0731 e. The number of halogens is 1. The van der Waals surface area contributed by atoms with Gasteiger partial charge in [0.25, 0.3) is 0 Å². The highest BCUT2D eigenvalue weighted by Gasteiger charge is 2.13. The second kappa shape index (κ2) is 5.34. The van der Waals surface area contributed by atoms with Crippen molar-refractivity contribution in [2.45, 2.75) is 26.3 Å². The molecule has 1 atom stereocenters. The van der Waals surface area contributed by atoms with Crippen molar-refractivity contribution in [3.8, 4) is 0 Å². The van der Waals surface area contributed by atoms with Crippen LogP contribution in [0.5, 0.6) is 0 Å². The van der Waals surface area contributed by atoms with E-state index in [1.165, 1.54) is 25.4 Å². The van der Waals surface area contributed by atoms with Crippen LogP contribution in [0.1, 0.15) is 34.5 Å². The van der Waals surface area contributed by atoms with Gasteiger partial charge in [-0.05, 0) is 52.0 Å². The molecule has 1 unspecified atom stereocenters. The van der Waals surface area contributed by atoms with E-state index >= 15 is 0 Å². The van der Waals surface area contributed by atoms with E-state index in [-0.39, 0.29) is 6.04 Å². The van der Waals surface area contributed by atoms with E-state index in [1.54, 1.807) is 11.3 Å². The Kier molecular flexibility index (Phi) is 4.02. The Morgan fingerprint density at radius 1 is 1.35 bits per heavy atom. The summed E-state index contributed by atoms with van der Waals surface area (Å²) in [4.78, 5) is 1.21. The van der Waals surface area contributed by atoms with Crippen LogP contribution < -0.4 is 5.73 Å². The standard InChI is InChI=1S/C14H16BrNS/c1-3-10-5-4-6-11(8-10)13(16)12-7-9(2)14(15)17-12/h4-8,13H,3,16H2,1-2H3. The van der Waals surface area contributed by atoms with E-state index in [9.17, 15) is 0 Å². The van der Waals surface area contributed by atoms with Gasteiger partial charge in [-0.25, -0.2) is 0 Å². The quantitative estimate of drug-likeness (QED) is 0.891. The van der Waals surface area contributed by atoms with Gasteiger partial charge in [0, 0.05) is 4.88 Å². The average Bonchev–Trinajstić information content (AvgIpc) is 2.69. The largest absolute Gasteiger partial charge is 0.320 e. The minimum Gasteiger partial charge on any atom is -0.320 e. The van der Waals surface area contributed by atoms with E-state index in [2.05, 4.69) is 60.1 Å². The van der Waals surface area contributed by atoms with E-state index < -0.39 is 0 Å². The number of nitrogens with two attached hydrogens (primary N) is 1. The molecule has 0 aliphatic heterocycles. The predicted molar refractivity (Wildman–Crippen MR) is 78.6 cm³/mol. The van der Waals surface area contributed by atoms with Crippen LogP contribution >= 0.6 is 27.3 Å². The maximum Gasteiger partial charge on any atom is 0.0731 e. The van der Waals surface area contributed by atoms with Gasteiger partial charge in [-0.3, -0.25) is 0 Å². The summed E-state index contributed by atoms with van der Waals surface area (Å²) >= 11 is 5.27. The first-order valence-corrected chi connectivity index (χ1v) is 7.33. The van der Waals surface area contributed by atoms with Crippen LogP contribution in [0, 0.1) is 6.92 Å². The SMILES string of the molecule is CCc1cccc(C(N)c2cc(C)c(Br)s2)c1. The highest BCUT2D eigenvalue weighted by atomic mass is 79.9. The number of hydrogen-bond donors (Lipinski definition) is 1. The van der Waals surface area contributed by atoms with Gasteiger partial charge < -0.3 is 5.73 Å². The van der Waals surface area contributed by atoms with Gasteiger partial charge in [0.2, 0.25) is 0 Å². The van der Waals surface area contributed by atoms with Gasteiger partial charge in [0.1, 0.15) is 0 Å². The maximum atomic E-state index is 6.31. The van der Waals surface area contributed by atoms with Crippen molar-refractivity contribution >= 4 is 27.3 Å². The van der Waals surface area contributed by atoms with Crippen LogP contribution in [0.15, 0.2) is 34.1 Å². The number of hydrogen-bond acceptors (Lipinski definition) is 2. The molecule has 17 heavy (non-hydrogen) atoms. The maximum absolute atomic E-state index is 6.31. The van der Waals surface area contributed by atoms with E-state index in [4.69, 9.17) is 5.73 Å². The molecule has 0 amide bonds. The molecular weight excluding hydrogens is 294 g/mol. The van der Waals surface area contributed by atoms with Crippen LogP contribution in [0.4, 0.5) is 0 Å². The van der Waals surface area contributed by atoms with Crippen LogP contribution in [-0.4, -0.2) is 0 Å². The summed E-state index contributed by atoms with van der Waals surface area (Å²) in [7, 11) is 0. The first-order chi connectivity index (χ1) is 8.11. The van der Waals surface area contributed by atoms with E-state index in [0.29, 0.717) is 0 Å². The molecule has 2 N–H and O–H groups in total. The third-order valence-corrected chi connectivity index (χ3v) is 5.12. The highest BCUT2D eigenvalue weighted by molar-refractivity contribution is 9.11. The highest BCUT2D eigenvalue weighted by Crippen LogP contribution is 2.33. The molecule has 2 aromatic rings. The molecular formula is C14H16BrNS. The van der Waals surface area contributed by atoms with Gasteiger partial charge >= 0.3 is 0 Å². The van der Waals surface area contributed by atoms with E-state index in [1.807, 2.05) is 0 Å².